The van der Waals surface area contributed by atoms with Crippen LogP contribution in [0.1, 0.15) is 10.9 Å². The molecule has 2 rings (SSSR count). The molecule has 0 spiro atoms. The first-order valence-electron chi connectivity index (χ1n) is 4.95. The Morgan fingerprint density at radius 3 is 3.06 bits per heavy atom. The lowest BCUT2D eigenvalue weighted by Crippen LogP contribution is -2.33. The number of thioether (sulfide) groups is 1. The summed E-state index contributed by atoms with van der Waals surface area (Å²) in [7, 11) is 1.62. The molecule has 1 aromatic rings. The number of nitrogens with one attached hydrogen (secondary N) is 1. The number of hydrogen-bond donors (Lipinski definition) is 2. The van der Waals surface area contributed by atoms with Crippen molar-refractivity contribution in [3.63, 3.8) is 0 Å². The number of ether oxygens (including phenoxy) is 1. The van der Waals surface area contributed by atoms with E-state index in [0.29, 0.717) is 5.75 Å². The first-order chi connectivity index (χ1) is 7.70. The Balaban J connectivity index is 2.11. The van der Waals surface area contributed by atoms with Crippen LogP contribution in [0.4, 0.5) is 0 Å². The highest BCUT2D eigenvalue weighted by atomic mass is 32.2. The smallest absolute Gasteiger partial charge is 0.321 e. The highest BCUT2D eigenvalue weighted by Crippen LogP contribution is 2.34. The van der Waals surface area contributed by atoms with E-state index in [4.69, 9.17) is 9.84 Å². The van der Waals surface area contributed by atoms with E-state index in [2.05, 4.69) is 5.32 Å². The largest absolute Gasteiger partial charge is 0.497 e. The van der Waals surface area contributed by atoms with Crippen LogP contribution < -0.4 is 10.1 Å². The van der Waals surface area contributed by atoms with Gasteiger partial charge in [-0.1, -0.05) is 12.1 Å². The maximum Gasteiger partial charge on any atom is 0.321 e. The number of carbonyl (C=O) groups is 1. The summed E-state index contributed by atoms with van der Waals surface area (Å²) in [6.45, 7) is 0. The number of rotatable bonds is 3. The summed E-state index contributed by atoms with van der Waals surface area (Å²) in [5, 5.41) is 12.0. The number of aliphatic carboxylic acids is 1. The Hall–Kier alpha value is -1.20. The molecular weight excluding hydrogens is 226 g/mol. The van der Waals surface area contributed by atoms with Crippen molar-refractivity contribution in [2.24, 2.45) is 0 Å². The molecule has 0 saturated carbocycles. The monoisotopic (exact) mass is 239 g/mol. The van der Waals surface area contributed by atoms with Crippen molar-refractivity contribution < 1.29 is 14.6 Å². The van der Waals surface area contributed by atoms with Crippen molar-refractivity contribution in [2.45, 2.75) is 11.4 Å². The van der Waals surface area contributed by atoms with Crippen LogP contribution in [-0.4, -0.2) is 30.0 Å². The van der Waals surface area contributed by atoms with Gasteiger partial charge in [0.1, 0.15) is 11.8 Å². The Morgan fingerprint density at radius 2 is 2.44 bits per heavy atom. The summed E-state index contributed by atoms with van der Waals surface area (Å²) in [6.07, 6.45) is 0. The van der Waals surface area contributed by atoms with Crippen LogP contribution in [0.2, 0.25) is 0 Å². The fourth-order valence-electron chi connectivity index (χ4n) is 1.61. The lowest BCUT2D eigenvalue weighted by Gasteiger charge is -2.12. The van der Waals surface area contributed by atoms with Crippen LogP contribution in [0.5, 0.6) is 5.75 Å². The average molecular weight is 239 g/mol. The van der Waals surface area contributed by atoms with Crippen LogP contribution in [0.25, 0.3) is 0 Å². The molecule has 1 heterocycles. The van der Waals surface area contributed by atoms with Crippen molar-refractivity contribution in [3.8, 4) is 5.75 Å². The highest BCUT2D eigenvalue weighted by molar-refractivity contribution is 7.99. The Morgan fingerprint density at radius 1 is 1.62 bits per heavy atom. The molecule has 16 heavy (non-hydrogen) atoms. The second-order valence-electron chi connectivity index (χ2n) is 3.55. The zero-order valence-corrected chi connectivity index (χ0v) is 9.66. The fourth-order valence-corrected chi connectivity index (χ4v) is 2.83. The summed E-state index contributed by atoms with van der Waals surface area (Å²) >= 11 is 1.60. The van der Waals surface area contributed by atoms with Gasteiger partial charge in [-0.3, -0.25) is 10.1 Å². The molecule has 0 aliphatic carbocycles. The van der Waals surface area contributed by atoms with Crippen molar-refractivity contribution in [2.75, 3.05) is 12.9 Å². The van der Waals surface area contributed by atoms with Gasteiger partial charge in [-0.25, -0.2) is 0 Å². The second kappa shape index (κ2) is 4.76. The second-order valence-corrected chi connectivity index (χ2v) is 4.69. The van der Waals surface area contributed by atoms with E-state index in [1.807, 2.05) is 24.3 Å². The van der Waals surface area contributed by atoms with Crippen LogP contribution in [0.3, 0.4) is 0 Å². The van der Waals surface area contributed by atoms with Gasteiger partial charge >= 0.3 is 5.97 Å². The molecule has 0 bridgehead atoms. The Bertz CT molecular complexity index is 397. The van der Waals surface area contributed by atoms with Crippen molar-refractivity contribution in [1.82, 2.24) is 5.32 Å². The average Bonchev–Trinajstić information content (AvgIpc) is 2.78. The molecule has 1 aromatic carbocycles. The lowest BCUT2D eigenvalue weighted by atomic mass is 10.2. The zero-order chi connectivity index (χ0) is 11.5. The van der Waals surface area contributed by atoms with Gasteiger partial charge in [-0.2, -0.15) is 0 Å². The predicted molar refractivity (Wildman–Crippen MR) is 62.8 cm³/mol. The van der Waals surface area contributed by atoms with Crippen molar-refractivity contribution in [1.29, 1.82) is 0 Å². The summed E-state index contributed by atoms with van der Waals surface area (Å²) < 4.78 is 5.14. The summed E-state index contributed by atoms with van der Waals surface area (Å²) in [5.74, 6) is 0.591. The molecule has 1 aliphatic heterocycles. The highest BCUT2D eigenvalue weighted by Gasteiger charge is 2.30. The minimum Gasteiger partial charge on any atom is -0.497 e. The molecule has 1 saturated heterocycles. The van der Waals surface area contributed by atoms with Gasteiger partial charge in [0, 0.05) is 5.75 Å². The van der Waals surface area contributed by atoms with E-state index in [1.54, 1.807) is 18.9 Å². The first-order valence-corrected chi connectivity index (χ1v) is 6.00. The maximum absolute atomic E-state index is 10.8. The normalized spacial score (nSPS) is 24.3. The molecule has 1 aliphatic rings. The van der Waals surface area contributed by atoms with Crippen LogP contribution in [0, 0.1) is 0 Å². The fraction of sp³-hybridized carbons (Fsp3) is 0.364. The van der Waals surface area contributed by atoms with Gasteiger partial charge in [0.25, 0.3) is 0 Å². The van der Waals surface area contributed by atoms with Gasteiger partial charge in [0.15, 0.2) is 0 Å². The van der Waals surface area contributed by atoms with Gasteiger partial charge < -0.3 is 9.84 Å². The van der Waals surface area contributed by atoms with Crippen molar-refractivity contribution in [3.05, 3.63) is 29.8 Å². The molecule has 0 aromatic heterocycles. The minimum absolute atomic E-state index is 0.0381. The van der Waals surface area contributed by atoms with E-state index in [9.17, 15) is 4.79 Å². The molecule has 0 amide bonds. The van der Waals surface area contributed by atoms with Crippen LogP contribution >= 0.6 is 11.8 Å². The van der Waals surface area contributed by atoms with E-state index in [0.717, 1.165) is 11.3 Å². The summed E-state index contributed by atoms with van der Waals surface area (Å²) in [4.78, 5) is 10.8. The van der Waals surface area contributed by atoms with E-state index in [1.165, 1.54) is 0 Å². The predicted octanol–water partition coefficient (Wildman–Crippen LogP) is 1.48. The molecule has 2 atom stereocenters. The van der Waals surface area contributed by atoms with E-state index < -0.39 is 12.0 Å². The third-order valence-corrected chi connectivity index (χ3v) is 3.74. The maximum atomic E-state index is 10.8. The lowest BCUT2D eigenvalue weighted by molar-refractivity contribution is -0.138. The molecule has 0 radical (unpaired) electrons. The molecule has 1 fully saturated rings. The third kappa shape index (κ3) is 2.31. The van der Waals surface area contributed by atoms with E-state index >= 15 is 0 Å². The molecule has 5 heteroatoms. The minimum atomic E-state index is -0.794. The van der Waals surface area contributed by atoms with Gasteiger partial charge in [-0.15, -0.1) is 11.8 Å². The molecule has 2 N–H and O–H groups in total. The molecule has 0 unspecified atom stereocenters. The number of carboxylic acid groups (broad SMARTS) is 1. The molecule has 4 nitrogen and oxygen atoms in total. The summed E-state index contributed by atoms with van der Waals surface area (Å²) in [6, 6.07) is 7.22. The number of hydrogen-bond acceptors (Lipinski definition) is 4. The first kappa shape index (κ1) is 11.3. The SMILES string of the molecule is COc1cccc([C@@H]2N[C@H](C(=O)O)CS2)c1. The summed E-state index contributed by atoms with van der Waals surface area (Å²) in [5.41, 5.74) is 1.05. The van der Waals surface area contributed by atoms with Gasteiger partial charge in [0.05, 0.1) is 12.5 Å². The van der Waals surface area contributed by atoms with Gasteiger partial charge in [-0.05, 0) is 17.7 Å². The standard InChI is InChI=1S/C11H13NO3S/c1-15-8-4-2-3-7(5-8)10-12-9(6-16-10)11(13)14/h2-5,9-10,12H,6H2,1H3,(H,13,14)/t9-,10+/m0/s1. The zero-order valence-electron chi connectivity index (χ0n) is 8.84. The third-order valence-electron chi connectivity index (χ3n) is 2.48. The number of benzene rings is 1. The van der Waals surface area contributed by atoms with Gasteiger partial charge in [0.2, 0.25) is 0 Å². The molecular formula is C11H13NO3S. The van der Waals surface area contributed by atoms with Crippen molar-refractivity contribution >= 4 is 17.7 Å². The molecule has 86 valence electrons. The quantitative estimate of drug-likeness (QED) is 0.836. The number of methoxy groups -OCH3 is 1. The topological polar surface area (TPSA) is 58.6 Å². The Kier molecular flexibility index (Phi) is 3.36. The van der Waals surface area contributed by atoms with Crippen LogP contribution in [0.15, 0.2) is 24.3 Å². The Labute approximate surface area is 98.0 Å². The number of carboxylic acids is 1. The van der Waals surface area contributed by atoms with Crippen LogP contribution in [-0.2, 0) is 4.79 Å². The van der Waals surface area contributed by atoms with E-state index in [-0.39, 0.29) is 5.37 Å².